The summed E-state index contributed by atoms with van der Waals surface area (Å²) < 4.78 is 23.6. The second-order valence-corrected chi connectivity index (χ2v) is 7.00. The highest BCUT2D eigenvalue weighted by Crippen LogP contribution is 2.59. The highest BCUT2D eigenvalue weighted by atomic mass is 31.2. The molecule has 1 atom stereocenters. The zero-order valence-corrected chi connectivity index (χ0v) is 13.9. The average molecular weight is 324 g/mol. The van der Waals surface area contributed by atoms with E-state index in [4.69, 9.17) is 9.05 Å². The van der Waals surface area contributed by atoms with Crippen LogP contribution in [-0.2, 0) is 24.8 Å². The Bertz CT molecular complexity index is 572. The number of benzene rings is 1. The van der Waals surface area contributed by atoms with Gasteiger partial charge >= 0.3 is 7.60 Å². The van der Waals surface area contributed by atoms with Crippen LogP contribution in [0, 0.1) is 18.3 Å². The molecule has 7 heteroatoms. The summed E-state index contributed by atoms with van der Waals surface area (Å²) >= 11 is 0. The van der Waals surface area contributed by atoms with E-state index in [-0.39, 0.29) is 19.6 Å². The van der Waals surface area contributed by atoms with Crippen molar-refractivity contribution in [1.29, 1.82) is 5.26 Å². The third kappa shape index (κ3) is 3.95. The van der Waals surface area contributed by atoms with Crippen LogP contribution in [0.3, 0.4) is 0 Å². The number of carbonyl (C=O) groups excluding carboxylic acids is 1. The number of amides is 1. The minimum Gasteiger partial charge on any atom is -0.330 e. The number of carbonyl (C=O) groups is 1. The van der Waals surface area contributed by atoms with Gasteiger partial charge in [-0.1, -0.05) is 29.8 Å². The summed E-state index contributed by atoms with van der Waals surface area (Å²) in [5.74, 6) is 0. The van der Waals surface area contributed by atoms with Gasteiger partial charge in [-0.25, -0.2) is 0 Å². The lowest BCUT2D eigenvalue weighted by Crippen LogP contribution is -2.46. The van der Waals surface area contributed by atoms with Crippen molar-refractivity contribution in [2.24, 2.45) is 0 Å². The van der Waals surface area contributed by atoms with E-state index in [0.29, 0.717) is 6.41 Å². The Kier molecular flexibility index (Phi) is 6.76. The second-order valence-electron chi connectivity index (χ2n) is 4.73. The molecule has 0 saturated heterocycles. The quantitative estimate of drug-likeness (QED) is 0.557. The minimum absolute atomic E-state index is 0.0276. The first kappa shape index (κ1) is 18.4. The molecule has 0 heterocycles. The molecule has 0 spiro atoms. The van der Waals surface area contributed by atoms with Crippen molar-refractivity contribution in [1.82, 2.24) is 5.32 Å². The van der Waals surface area contributed by atoms with E-state index in [1.807, 2.05) is 37.3 Å². The molecule has 0 radical (unpaired) electrons. The van der Waals surface area contributed by atoms with Gasteiger partial charge in [-0.05, 0) is 26.3 Å². The van der Waals surface area contributed by atoms with Crippen LogP contribution in [0.5, 0.6) is 0 Å². The molecule has 22 heavy (non-hydrogen) atoms. The molecule has 6 nitrogen and oxygen atoms in total. The highest BCUT2D eigenvalue weighted by molar-refractivity contribution is 7.56. The molecular formula is C15H21N2O4P. The van der Waals surface area contributed by atoms with E-state index in [2.05, 4.69) is 5.32 Å². The van der Waals surface area contributed by atoms with Crippen LogP contribution in [0.2, 0.25) is 0 Å². The Balaban J connectivity index is 3.28. The van der Waals surface area contributed by atoms with Crippen LogP contribution < -0.4 is 5.32 Å². The summed E-state index contributed by atoms with van der Waals surface area (Å²) in [6.07, 6.45) is 0.377. The molecule has 1 rings (SSSR count). The minimum atomic E-state index is -3.86. The van der Waals surface area contributed by atoms with Crippen molar-refractivity contribution in [3.63, 3.8) is 0 Å². The lowest BCUT2D eigenvalue weighted by molar-refractivity contribution is -0.110. The van der Waals surface area contributed by atoms with E-state index < -0.39 is 12.9 Å². The second kappa shape index (κ2) is 8.09. The van der Waals surface area contributed by atoms with Gasteiger partial charge in [-0.15, -0.1) is 0 Å². The average Bonchev–Trinajstić information content (AvgIpc) is 2.49. The molecule has 0 aliphatic heterocycles. The molecule has 0 saturated carbocycles. The third-order valence-electron chi connectivity index (χ3n) is 3.13. The van der Waals surface area contributed by atoms with Crippen LogP contribution >= 0.6 is 7.60 Å². The predicted molar refractivity (Wildman–Crippen MR) is 83.3 cm³/mol. The van der Waals surface area contributed by atoms with Gasteiger partial charge in [0.25, 0.3) is 0 Å². The summed E-state index contributed by atoms with van der Waals surface area (Å²) in [4.78, 5) is 11.0. The monoisotopic (exact) mass is 324 g/mol. The molecule has 0 aliphatic rings. The number of nitrogens with zero attached hydrogens (tertiary/aromatic N) is 1. The number of nitriles is 1. The Morgan fingerprint density at radius 3 is 2.23 bits per heavy atom. The lowest BCUT2D eigenvalue weighted by Gasteiger charge is -2.32. The maximum Gasteiger partial charge on any atom is 0.370 e. The van der Waals surface area contributed by atoms with Crippen LogP contribution in [0.15, 0.2) is 24.3 Å². The van der Waals surface area contributed by atoms with Gasteiger partial charge in [0.1, 0.15) is 6.07 Å². The molecule has 0 fully saturated rings. The molecular weight excluding hydrogens is 303 g/mol. The fourth-order valence-corrected chi connectivity index (χ4v) is 3.96. The number of aryl methyl sites for hydroxylation is 1. The van der Waals surface area contributed by atoms with E-state index in [9.17, 15) is 14.6 Å². The topological polar surface area (TPSA) is 88.4 Å². The molecule has 1 amide bonds. The number of hydrogen-bond donors (Lipinski definition) is 1. The van der Waals surface area contributed by atoms with Gasteiger partial charge in [-0.3, -0.25) is 9.36 Å². The standard InChI is InChI=1S/C15H21N2O4P/c1-4-20-22(19,21-5-2)15(11-16,17-12-18)10-14-8-6-13(3)7-9-14/h6-9,12H,4-5,10H2,1-3H3,(H,17,18). The Labute approximate surface area is 131 Å². The molecule has 0 aliphatic carbocycles. The largest absolute Gasteiger partial charge is 0.370 e. The Morgan fingerprint density at radius 1 is 1.27 bits per heavy atom. The van der Waals surface area contributed by atoms with E-state index in [1.54, 1.807) is 13.8 Å². The maximum absolute atomic E-state index is 13.0. The summed E-state index contributed by atoms with van der Waals surface area (Å²) in [6, 6.07) is 9.32. The van der Waals surface area contributed by atoms with Crippen LogP contribution in [0.25, 0.3) is 0 Å². The first-order valence-electron chi connectivity index (χ1n) is 7.04. The predicted octanol–water partition coefficient (Wildman–Crippen LogP) is 2.77. The number of nitrogens with one attached hydrogen (secondary N) is 1. The Hall–Kier alpha value is -1.67. The molecule has 1 aromatic carbocycles. The molecule has 0 aromatic heterocycles. The first-order chi connectivity index (χ1) is 10.5. The van der Waals surface area contributed by atoms with Crippen molar-refractivity contribution < 1.29 is 18.4 Å². The summed E-state index contributed by atoms with van der Waals surface area (Å²) in [6.45, 7) is 5.46. The zero-order chi connectivity index (χ0) is 16.6. The smallest absolute Gasteiger partial charge is 0.330 e. The fourth-order valence-electron chi connectivity index (χ4n) is 2.06. The summed E-state index contributed by atoms with van der Waals surface area (Å²) in [7, 11) is -3.86. The molecule has 1 N–H and O–H groups in total. The molecule has 1 aromatic rings. The lowest BCUT2D eigenvalue weighted by atomic mass is 10.0. The SMILES string of the molecule is CCOP(=O)(OCC)C(C#N)(Cc1ccc(C)cc1)NC=O. The first-order valence-corrected chi connectivity index (χ1v) is 8.58. The number of hydrogen-bond acceptors (Lipinski definition) is 5. The summed E-state index contributed by atoms with van der Waals surface area (Å²) in [5, 5.41) is 10.2. The van der Waals surface area contributed by atoms with Crippen LogP contribution in [0.4, 0.5) is 0 Å². The van der Waals surface area contributed by atoms with Gasteiger partial charge in [0, 0.05) is 6.42 Å². The normalized spacial score (nSPS) is 13.9. The van der Waals surface area contributed by atoms with Crippen molar-refractivity contribution in [2.75, 3.05) is 13.2 Å². The third-order valence-corrected chi connectivity index (χ3v) is 5.65. The molecule has 120 valence electrons. The zero-order valence-electron chi connectivity index (χ0n) is 13.0. The van der Waals surface area contributed by atoms with E-state index in [1.165, 1.54) is 0 Å². The Morgan fingerprint density at radius 2 is 1.82 bits per heavy atom. The van der Waals surface area contributed by atoms with Crippen molar-refractivity contribution in [3.05, 3.63) is 35.4 Å². The van der Waals surface area contributed by atoms with Gasteiger partial charge in [0.15, 0.2) is 0 Å². The van der Waals surface area contributed by atoms with E-state index in [0.717, 1.165) is 11.1 Å². The van der Waals surface area contributed by atoms with Crippen molar-refractivity contribution in [2.45, 2.75) is 32.5 Å². The van der Waals surface area contributed by atoms with Gasteiger partial charge in [0.05, 0.1) is 13.2 Å². The number of rotatable bonds is 9. The van der Waals surface area contributed by atoms with Crippen LogP contribution in [0.1, 0.15) is 25.0 Å². The van der Waals surface area contributed by atoms with Gasteiger partial charge in [0.2, 0.25) is 11.7 Å². The molecule has 0 bridgehead atoms. The van der Waals surface area contributed by atoms with Crippen molar-refractivity contribution in [3.8, 4) is 6.07 Å². The fraction of sp³-hybridized carbons (Fsp3) is 0.467. The summed E-state index contributed by atoms with van der Waals surface area (Å²) in [5.41, 5.74) is 1.81. The van der Waals surface area contributed by atoms with Gasteiger partial charge in [-0.2, -0.15) is 5.26 Å². The maximum atomic E-state index is 13.0. The van der Waals surface area contributed by atoms with E-state index >= 15 is 0 Å². The highest BCUT2D eigenvalue weighted by Gasteiger charge is 2.52. The molecule has 1 unspecified atom stereocenters. The van der Waals surface area contributed by atoms with Crippen LogP contribution in [-0.4, -0.2) is 24.9 Å². The van der Waals surface area contributed by atoms with Crippen molar-refractivity contribution >= 4 is 14.0 Å². The van der Waals surface area contributed by atoms with Gasteiger partial charge < -0.3 is 14.4 Å².